The van der Waals surface area contributed by atoms with Gasteiger partial charge in [0.2, 0.25) is 0 Å². The van der Waals surface area contributed by atoms with Gasteiger partial charge in [0.1, 0.15) is 0 Å². The second kappa shape index (κ2) is 6.83. The van der Waals surface area contributed by atoms with E-state index in [2.05, 4.69) is 4.98 Å². The minimum atomic E-state index is -3.65. The van der Waals surface area contributed by atoms with Crippen LogP contribution in [0.25, 0.3) is 0 Å². The molecule has 0 unspecified atom stereocenters. The molecule has 2 rings (SSSR count). The lowest BCUT2D eigenvalue weighted by atomic mass is 10.1. The van der Waals surface area contributed by atoms with Crippen LogP contribution < -0.4 is 0 Å². The maximum absolute atomic E-state index is 12.0. The van der Waals surface area contributed by atoms with Gasteiger partial charge >= 0.3 is 0 Å². The second-order valence-electron chi connectivity index (χ2n) is 5.00. The summed E-state index contributed by atoms with van der Waals surface area (Å²) in [6, 6.07) is 10.6. The molecule has 0 radical (unpaired) electrons. The van der Waals surface area contributed by atoms with Gasteiger partial charge < -0.3 is 0 Å². The van der Waals surface area contributed by atoms with Gasteiger partial charge in [-0.1, -0.05) is 23.8 Å². The molecular weight excluding hydrogens is 286 g/mol. The smallest absolute Gasteiger partial charge is 0.266 e. The number of benzene rings is 1. The van der Waals surface area contributed by atoms with Gasteiger partial charge in [0.05, 0.1) is 11.5 Å². The van der Waals surface area contributed by atoms with Gasteiger partial charge in [0, 0.05) is 11.9 Å². The largest absolute Gasteiger partial charge is 0.296 e. The second-order valence-corrected chi connectivity index (χ2v) is 6.62. The van der Waals surface area contributed by atoms with E-state index in [0.717, 1.165) is 23.2 Å². The summed E-state index contributed by atoms with van der Waals surface area (Å²) >= 11 is 0. The van der Waals surface area contributed by atoms with Gasteiger partial charge in [-0.15, -0.1) is 0 Å². The Bertz CT molecular complexity index is 676. The van der Waals surface area contributed by atoms with Gasteiger partial charge in [0.15, 0.2) is 0 Å². The van der Waals surface area contributed by atoms with Gasteiger partial charge in [-0.05, 0) is 50.5 Å². The first-order chi connectivity index (χ1) is 9.97. The molecule has 0 atom stereocenters. The normalized spacial score (nSPS) is 11.5. The van der Waals surface area contributed by atoms with Crippen molar-refractivity contribution in [3.05, 3.63) is 59.4 Å². The van der Waals surface area contributed by atoms with Gasteiger partial charge in [0.25, 0.3) is 10.1 Å². The van der Waals surface area contributed by atoms with Crippen LogP contribution in [0.3, 0.4) is 0 Å². The molecule has 0 aliphatic heterocycles. The molecule has 0 saturated carbocycles. The van der Waals surface area contributed by atoms with E-state index in [1.165, 1.54) is 0 Å². The summed E-state index contributed by atoms with van der Waals surface area (Å²) in [6.45, 7) is 4.01. The lowest BCUT2D eigenvalue weighted by Crippen LogP contribution is -2.08. The van der Waals surface area contributed by atoms with Gasteiger partial charge in [-0.25, -0.2) is 0 Å². The summed E-state index contributed by atoms with van der Waals surface area (Å²) in [5, 5.41) is 0. The van der Waals surface area contributed by atoms with Crippen molar-refractivity contribution in [1.82, 2.24) is 4.98 Å². The molecule has 112 valence electrons. The molecule has 1 aromatic heterocycles. The number of aryl methyl sites for hydroxylation is 3. The maximum atomic E-state index is 12.0. The Morgan fingerprint density at radius 2 is 1.76 bits per heavy atom. The lowest BCUT2D eigenvalue weighted by Gasteiger charge is -2.06. The summed E-state index contributed by atoms with van der Waals surface area (Å²) in [7, 11) is -3.65. The fourth-order valence-corrected chi connectivity index (χ4v) is 2.81. The van der Waals surface area contributed by atoms with E-state index in [4.69, 9.17) is 4.18 Å². The average molecular weight is 305 g/mol. The Morgan fingerprint density at radius 3 is 2.38 bits per heavy atom. The summed E-state index contributed by atoms with van der Waals surface area (Å²) in [6.07, 6.45) is 3.19. The van der Waals surface area contributed by atoms with Crippen LogP contribution in [0, 0.1) is 13.8 Å². The highest BCUT2D eigenvalue weighted by Gasteiger charge is 2.14. The standard InChI is InChI=1S/C16H19NO3S/c1-13-5-9-16(10-6-13)21(18,19)20-11-3-4-15-8-7-14(2)17-12-15/h5-10,12H,3-4,11H2,1-2H3. The van der Waals surface area contributed by atoms with Crippen molar-refractivity contribution in [2.75, 3.05) is 6.61 Å². The predicted molar refractivity (Wildman–Crippen MR) is 81.6 cm³/mol. The van der Waals surface area contributed by atoms with Crippen molar-refractivity contribution in [2.24, 2.45) is 0 Å². The van der Waals surface area contributed by atoms with Crippen molar-refractivity contribution < 1.29 is 12.6 Å². The van der Waals surface area contributed by atoms with Crippen LogP contribution in [0.4, 0.5) is 0 Å². The summed E-state index contributed by atoms with van der Waals surface area (Å²) < 4.78 is 29.0. The van der Waals surface area contributed by atoms with Crippen LogP contribution in [0.2, 0.25) is 0 Å². The summed E-state index contributed by atoms with van der Waals surface area (Å²) in [5.41, 5.74) is 3.06. The van der Waals surface area contributed by atoms with E-state index in [0.29, 0.717) is 6.42 Å². The van der Waals surface area contributed by atoms with Crippen LogP contribution in [0.5, 0.6) is 0 Å². The molecule has 0 saturated heterocycles. The van der Waals surface area contributed by atoms with E-state index < -0.39 is 10.1 Å². The van der Waals surface area contributed by atoms with Crippen molar-refractivity contribution in [3.63, 3.8) is 0 Å². The zero-order valence-corrected chi connectivity index (χ0v) is 13.1. The Morgan fingerprint density at radius 1 is 1.05 bits per heavy atom. The summed E-state index contributed by atoms with van der Waals surface area (Å²) in [5.74, 6) is 0. The third-order valence-corrected chi connectivity index (χ3v) is 4.46. The minimum Gasteiger partial charge on any atom is -0.266 e. The van der Waals surface area contributed by atoms with Gasteiger partial charge in [-0.3, -0.25) is 9.17 Å². The quantitative estimate of drug-likeness (QED) is 0.608. The maximum Gasteiger partial charge on any atom is 0.296 e. The molecule has 5 heteroatoms. The summed E-state index contributed by atoms with van der Waals surface area (Å²) in [4.78, 5) is 4.40. The number of rotatable bonds is 6. The van der Waals surface area contributed by atoms with E-state index >= 15 is 0 Å². The van der Waals surface area contributed by atoms with Crippen molar-refractivity contribution >= 4 is 10.1 Å². The molecule has 0 fully saturated rings. The Kier molecular flexibility index (Phi) is 5.09. The van der Waals surface area contributed by atoms with Crippen LogP contribution in [0.15, 0.2) is 47.5 Å². The van der Waals surface area contributed by atoms with Gasteiger partial charge in [-0.2, -0.15) is 8.42 Å². The number of aromatic nitrogens is 1. The fourth-order valence-electron chi connectivity index (χ4n) is 1.86. The predicted octanol–water partition coefficient (Wildman–Crippen LogP) is 3.04. The molecule has 0 N–H and O–H groups in total. The molecule has 2 aromatic rings. The van der Waals surface area contributed by atoms with Crippen molar-refractivity contribution in [1.29, 1.82) is 0 Å². The molecule has 1 heterocycles. The molecular formula is C16H19NO3S. The Hall–Kier alpha value is -1.72. The third-order valence-electron chi connectivity index (χ3n) is 3.13. The molecule has 0 bridgehead atoms. The molecule has 0 spiro atoms. The average Bonchev–Trinajstić information content (AvgIpc) is 2.46. The first kappa shape index (κ1) is 15.7. The lowest BCUT2D eigenvalue weighted by molar-refractivity contribution is 0.312. The zero-order chi connectivity index (χ0) is 15.3. The molecule has 0 amide bonds. The van der Waals surface area contributed by atoms with Crippen LogP contribution in [-0.4, -0.2) is 20.0 Å². The Balaban J connectivity index is 1.85. The number of hydrogen-bond donors (Lipinski definition) is 0. The first-order valence-corrected chi connectivity index (χ1v) is 8.26. The minimum absolute atomic E-state index is 0.171. The van der Waals surface area contributed by atoms with Crippen LogP contribution in [0.1, 0.15) is 23.2 Å². The number of hydrogen-bond acceptors (Lipinski definition) is 4. The van der Waals surface area contributed by atoms with E-state index in [-0.39, 0.29) is 11.5 Å². The molecule has 4 nitrogen and oxygen atoms in total. The first-order valence-electron chi connectivity index (χ1n) is 6.85. The fraction of sp³-hybridized carbons (Fsp3) is 0.312. The van der Waals surface area contributed by atoms with Crippen molar-refractivity contribution in [2.45, 2.75) is 31.6 Å². The van der Waals surface area contributed by atoms with E-state index in [1.807, 2.05) is 32.2 Å². The highest BCUT2D eigenvalue weighted by molar-refractivity contribution is 7.86. The van der Waals surface area contributed by atoms with E-state index in [1.54, 1.807) is 24.3 Å². The van der Waals surface area contributed by atoms with Crippen molar-refractivity contribution in [3.8, 4) is 0 Å². The highest BCUT2D eigenvalue weighted by Crippen LogP contribution is 2.14. The molecule has 0 aliphatic rings. The topological polar surface area (TPSA) is 56.3 Å². The third kappa shape index (κ3) is 4.65. The number of pyridine rings is 1. The molecule has 1 aromatic carbocycles. The Labute approximate surface area is 125 Å². The number of nitrogens with zero attached hydrogens (tertiary/aromatic N) is 1. The molecule has 0 aliphatic carbocycles. The zero-order valence-electron chi connectivity index (χ0n) is 12.2. The SMILES string of the molecule is Cc1ccc(S(=O)(=O)OCCCc2ccc(C)nc2)cc1. The highest BCUT2D eigenvalue weighted by atomic mass is 32.2. The molecule has 21 heavy (non-hydrogen) atoms. The van der Waals surface area contributed by atoms with Crippen LogP contribution in [-0.2, 0) is 20.7 Å². The van der Waals surface area contributed by atoms with E-state index in [9.17, 15) is 8.42 Å². The van der Waals surface area contributed by atoms with Crippen LogP contribution >= 0.6 is 0 Å². The monoisotopic (exact) mass is 305 g/mol.